The largest absolute Gasteiger partial charge is 0.463 e. The van der Waals surface area contributed by atoms with Gasteiger partial charge >= 0.3 is 5.97 Å². The average Bonchev–Trinajstić information content (AvgIpc) is 3.43. The lowest BCUT2D eigenvalue weighted by molar-refractivity contribution is -0.139. The molecule has 0 saturated carbocycles. The van der Waals surface area contributed by atoms with E-state index in [-0.39, 0.29) is 19.0 Å². The van der Waals surface area contributed by atoms with Crippen LogP contribution in [0.1, 0.15) is 40.2 Å². The summed E-state index contributed by atoms with van der Waals surface area (Å²) in [5.74, 6) is -1.03. The first-order chi connectivity index (χ1) is 19.5. The minimum absolute atomic E-state index is 0.0767. The van der Waals surface area contributed by atoms with Crippen LogP contribution in [-0.2, 0) is 20.8 Å². The third-order valence-electron chi connectivity index (χ3n) is 7.54. The lowest BCUT2D eigenvalue weighted by atomic mass is 9.75. The molecule has 2 atom stereocenters. The topological polar surface area (TPSA) is 82.8 Å². The number of aryl methyl sites for hydroxylation is 1. The van der Waals surface area contributed by atoms with Crippen molar-refractivity contribution in [3.05, 3.63) is 112 Å². The van der Waals surface area contributed by atoms with Crippen molar-refractivity contribution in [1.29, 1.82) is 0 Å². The van der Waals surface area contributed by atoms with Crippen LogP contribution in [0, 0.1) is 12.8 Å². The summed E-state index contributed by atoms with van der Waals surface area (Å²) in [7, 11) is 0. The van der Waals surface area contributed by atoms with Gasteiger partial charge in [-0.15, -0.1) is 0 Å². The number of para-hydroxylation sites is 2. The Morgan fingerprint density at radius 3 is 2.50 bits per heavy atom. The molecule has 3 aromatic carbocycles. The van der Waals surface area contributed by atoms with E-state index in [0.29, 0.717) is 46.3 Å². The average molecular weight is 554 g/mol. The molecule has 0 radical (unpaired) electrons. The van der Waals surface area contributed by atoms with Gasteiger partial charge in [0.25, 0.3) is 0 Å². The number of fused-ring (bicyclic) bond motifs is 4. The van der Waals surface area contributed by atoms with Crippen molar-refractivity contribution in [3.63, 3.8) is 0 Å². The monoisotopic (exact) mass is 553 g/mol. The number of ketones is 1. The summed E-state index contributed by atoms with van der Waals surface area (Å²) in [6.45, 7) is 4.95. The molecule has 7 nitrogen and oxygen atoms in total. The number of rotatable bonds is 8. The number of halogens is 1. The van der Waals surface area contributed by atoms with Crippen molar-refractivity contribution in [2.45, 2.75) is 26.3 Å². The Labute approximate surface area is 237 Å². The van der Waals surface area contributed by atoms with E-state index < -0.39 is 17.8 Å². The van der Waals surface area contributed by atoms with Crippen LogP contribution in [0.25, 0.3) is 11.0 Å². The maximum atomic E-state index is 13.8. The zero-order chi connectivity index (χ0) is 27.8. The molecule has 40 heavy (non-hydrogen) atoms. The summed E-state index contributed by atoms with van der Waals surface area (Å²) in [5, 5.41) is 0.474. The molecule has 1 aliphatic heterocycles. The number of esters is 1. The predicted molar refractivity (Wildman–Crippen MR) is 154 cm³/mol. The van der Waals surface area contributed by atoms with Gasteiger partial charge in [0, 0.05) is 28.6 Å². The Morgan fingerprint density at radius 2 is 1.70 bits per heavy atom. The first-order valence-electron chi connectivity index (χ1n) is 13.4. The van der Waals surface area contributed by atoms with E-state index in [2.05, 4.69) is 9.55 Å². The van der Waals surface area contributed by atoms with E-state index >= 15 is 0 Å². The van der Waals surface area contributed by atoms with Crippen LogP contribution < -0.4 is 0 Å². The second-order valence-electron chi connectivity index (χ2n) is 9.82. The standard InChI is InChI=1S/C32H28ClN3O4/c1-3-40-32(38)28-25(18-39-17-16-36-19(2)34-24-14-8-9-15-26(24)36)35-30-20-10-4-5-11-21(20)31(37)29(30)27(28)22-12-6-7-13-23(22)33/h4-15,27,29H,3,16-18H2,1-2H3. The lowest BCUT2D eigenvalue weighted by Gasteiger charge is -2.31. The van der Waals surface area contributed by atoms with Gasteiger partial charge in [0.05, 0.1) is 53.8 Å². The fourth-order valence-electron chi connectivity index (χ4n) is 5.80. The molecule has 8 heteroatoms. The summed E-state index contributed by atoms with van der Waals surface area (Å²) >= 11 is 6.68. The van der Waals surface area contributed by atoms with Crippen molar-refractivity contribution in [2.75, 3.05) is 19.8 Å². The first kappa shape index (κ1) is 26.2. The summed E-state index contributed by atoms with van der Waals surface area (Å²) in [6, 6.07) is 22.7. The Kier molecular flexibility index (Phi) is 7.09. The highest BCUT2D eigenvalue weighted by molar-refractivity contribution is 6.33. The quantitative estimate of drug-likeness (QED) is 0.199. The van der Waals surface area contributed by atoms with E-state index in [4.69, 9.17) is 26.1 Å². The van der Waals surface area contributed by atoms with E-state index in [0.717, 1.165) is 22.4 Å². The molecule has 0 amide bonds. The number of imidazole rings is 1. The molecule has 0 fully saturated rings. The number of Topliss-reactive ketones (excluding diaryl/α,β-unsaturated/α-hetero) is 1. The normalized spacial score (nSPS) is 18.1. The number of ether oxygens (including phenoxy) is 2. The van der Waals surface area contributed by atoms with E-state index in [1.54, 1.807) is 19.1 Å². The molecule has 2 unspecified atom stereocenters. The molecule has 0 bridgehead atoms. The van der Waals surface area contributed by atoms with Gasteiger partial charge in [-0.1, -0.05) is 66.2 Å². The molecule has 4 aromatic rings. The fourth-order valence-corrected chi connectivity index (χ4v) is 6.05. The Bertz CT molecular complexity index is 1700. The lowest BCUT2D eigenvalue weighted by Crippen LogP contribution is -2.34. The predicted octanol–water partition coefficient (Wildman–Crippen LogP) is 5.93. The first-order valence-corrected chi connectivity index (χ1v) is 13.7. The highest BCUT2D eigenvalue weighted by Gasteiger charge is 2.49. The van der Waals surface area contributed by atoms with Crippen molar-refractivity contribution >= 4 is 40.1 Å². The molecule has 6 rings (SSSR count). The van der Waals surface area contributed by atoms with E-state index in [1.807, 2.05) is 67.6 Å². The minimum Gasteiger partial charge on any atom is -0.463 e. The van der Waals surface area contributed by atoms with Crippen LogP contribution in [0.15, 0.2) is 89.1 Å². The number of hydrogen-bond acceptors (Lipinski definition) is 6. The SMILES string of the molecule is CCOC(=O)C1=C(COCCn2c(C)nc3ccccc32)N=C2c3ccccc3C(=O)C2C1c1ccccc1Cl. The third kappa shape index (κ3) is 4.45. The Morgan fingerprint density at radius 1 is 0.975 bits per heavy atom. The van der Waals surface area contributed by atoms with Crippen molar-refractivity contribution in [3.8, 4) is 0 Å². The zero-order valence-electron chi connectivity index (χ0n) is 22.3. The maximum Gasteiger partial charge on any atom is 0.336 e. The van der Waals surface area contributed by atoms with Crippen LogP contribution >= 0.6 is 11.6 Å². The summed E-state index contributed by atoms with van der Waals surface area (Å²) in [4.78, 5) is 36.8. The molecule has 2 aliphatic rings. The van der Waals surface area contributed by atoms with Crippen LogP contribution in [0.4, 0.5) is 0 Å². The maximum absolute atomic E-state index is 13.8. The van der Waals surface area contributed by atoms with E-state index in [9.17, 15) is 9.59 Å². The Balaban J connectivity index is 1.39. The van der Waals surface area contributed by atoms with Crippen molar-refractivity contribution in [2.24, 2.45) is 10.9 Å². The number of carbonyl (C=O) groups excluding carboxylic acids is 2. The van der Waals surface area contributed by atoms with Gasteiger partial charge in [0.2, 0.25) is 0 Å². The fraction of sp³-hybridized carbons (Fsp3) is 0.250. The molecule has 0 N–H and O–H groups in total. The van der Waals surface area contributed by atoms with Crippen LogP contribution in [0.2, 0.25) is 5.02 Å². The zero-order valence-corrected chi connectivity index (χ0v) is 23.0. The molecule has 0 saturated heterocycles. The number of nitrogens with zero attached hydrogens (tertiary/aromatic N) is 3. The minimum atomic E-state index is -0.680. The van der Waals surface area contributed by atoms with Crippen LogP contribution in [0.5, 0.6) is 0 Å². The van der Waals surface area contributed by atoms with Crippen LogP contribution in [0.3, 0.4) is 0 Å². The third-order valence-corrected chi connectivity index (χ3v) is 7.88. The summed E-state index contributed by atoms with van der Waals surface area (Å²) in [6.07, 6.45) is 0. The van der Waals surface area contributed by atoms with Gasteiger partial charge in [-0.25, -0.2) is 9.78 Å². The number of aromatic nitrogens is 2. The van der Waals surface area contributed by atoms with Gasteiger partial charge in [0.1, 0.15) is 5.82 Å². The second kappa shape index (κ2) is 10.8. The molecule has 1 aromatic heterocycles. The number of hydrogen-bond donors (Lipinski definition) is 0. The van der Waals surface area contributed by atoms with E-state index in [1.165, 1.54) is 0 Å². The van der Waals surface area contributed by atoms with Gasteiger partial charge in [-0.3, -0.25) is 9.79 Å². The van der Waals surface area contributed by atoms with Gasteiger partial charge in [0.15, 0.2) is 5.78 Å². The second-order valence-corrected chi connectivity index (χ2v) is 10.2. The molecular weight excluding hydrogens is 526 g/mol. The van der Waals surface area contributed by atoms with Gasteiger partial charge in [-0.2, -0.15) is 0 Å². The molecule has 2 heterocycles. The van der Waals surface area contributed by atoms with Crippen molar-refractivity contribution in [1.82, 2.24) is 9.55 Å². The van der Waals surface area contributed by atoms with Crippen LogP contribution in [-0.4, -0.2) is 46.8 Å². The van der Waals surface area contributed by atoms with Gasteiger partial charge in [-0.05, 0) is 37.6 Å². The van der Waals surface area contributed by atoms with Gasteiger partial charge < -0.3 is 14.0 Å². The number of benzene rings is 3. The molecule has 202 valence electrons. The smallest absolute Gasteiger partial charge is 0.336 e. The highest BCUT2D eigenvalue weighted by atomic mass is 35.5. The Hall–Kier alpha value is -4.07. The molecule has 0 spiro atoms. The summed E-state index contributed by atoms with van der Waals surface area (Å²) < 4.78 is 13.8. The highest BCUT2D eigenvalue weighted by Crippen LogP contribution is 2.47. The number of aliphatic imine (C=N–C) groups is 1. The summed E-state index contributed by atoms with van der Waals surface area (Å²) in [5.41, 5.74) is 5.42. The molecule has 1 aliphatic carbocycles. The number of carbonyl (C=O) groups is 2. The molecular formula is C32H28ClN3O4. The van der Waals surface area contributed by atoms with Crippen molar-refractivity contribution < 1.29 is 19.1 Å².